The van der Waals surface area contributed by atoms with Crippen LogP contribution in [0.15, 0.2) is 0 Å². The molecule has 0 unspecified atom stereocenters. The monoisotopic (exact) mass is 203 g/mol. The van der Waals surface area contributed by atoms with Gasteiger partial charge in [-0.2, -0.15) is 16.3 Å². The zero-order valence-corrected chi connectivity index (χ0v) is 9.82. The molecule has 0 aromatic heterocycles. The summed E-state index contributed by atoms with van der Waals surface area (Å²) in [7, 11) is -1.52. The van der Waals surface area contributed by atoms with E-state index in [1.807, 2.05) is 0 Å². The van der Waals surface area contributed by atoms with Gasteiger partial charge in [-0.3, -0.25) is 0 Å². The highest BCUT2D eigenvalue weighted by molar-refractivity contribution is 7.20. The van der Waals surface area contributed by atoms with Crippen LogP contribution in [0.1, 0.15) is 33.1 Å². The fourth-order valence-electron chi connectivity index (χ4n) is 1.55. The molecule has 3 heteroatoms. The van der Waals surface area contributed by atoms with E-state index in [0.717, 1.165) is 6.04 Å². The van der Waals surface area contributed by atoms with Crippen molar-refractivity contribution in [1.82, 2.24) is 0 Å². The van der Waals surface area contributed by atoms with Gasteiger partial charge in [-0.15, -0.1) is 0 Å². The first-order valence-corrected chi connectivity index (χ1v) is 8.37. The van der Waals surface area contributed by atoms with Crippen LogP contribution in [0.3, 0.4) is 0 Å². The zero-order valence-electron chi connectivity index (χ0n) is 8.07. The van der Waals surface area contributed by atoms with E-state index in [9.17, 15) is 0 Å². The standard InChI is InChI=1S/C9H18ClNSi/c1-3-7-12(10,8-4-2)9-5-6-11/h3-5,7-9H2,1-2H3. The van der Waals surface area contributed by atoms with Crippen LogP contribution >= 0.6 is 11.1 Å². The van der Waals surface area contributed by atoms with E-state index in [4.69, 9.17) is 16.3 Å². The molecule has 12 heavy (non-hydrogen) atoms. The largest absolute Gasteiger partial charge is 0.198 e. The van der Waals surface area contributed by atoms with Crippen molar-refractivity contribution in [2.75, 3.05) is 0 Å². The number of halogens is 1. The molecule has 0 bridgehead atoms. The topological polar surface area (TPSA) is 23.8 Å². The van der Waals surface area contributed by atoms with Crippen LogP contribution in [0.5, 0.6) is 0 Å². The first-order chi connectivity index (χ1) is 5.68. The summed E-state index contributed by atoms with van der Waals surface area (Å²) in [6, 6.07) is 5.51. The van der Waals surface area contributed by atoms with Gasteiger partial charge in [-0.25, -0.2) is 0 Å². The van der Waals surface area contributed by atoms with Crippen molar-refractivity contribution in [1.29, 1.82) is 5.26 Å². The molecule has 0 saturated heterocycles. The summed E-state index contributed by atoms with van der Waals surface area (Å²) in [4.78, 5) is 0. The minimum absolute atomic E-state index is 0.649. The van der Waals surface area contributed by atoms with Crippen molar-refractivity contribution < 1.29 is 0 Å². The van der Waals surface area contributed by atoms with Crippen LogP contribution in [-0.4, -0.2) is 7.38 Å². The van der Waals surface area contributed by atoms with E-state index < -0.39 is 7.38 Å². The number of nitrogens with zero attached hydrogens (tertiary/aromatic N) is 1. The summed E-state index contributed by atoms with van der Waals surface area (Å²) in [6.07, 6.45) is 2.98. The second kappa shape index (κ2) is 6.51. The predicted octanol–water partition coefficient (Wildman–Crippen LogP) is 3.90. The molecule has 70 valence electrons. The lowest BCUT2D eigenvalue weighted by molar-refractivity contribution is 0.970. The van der Waals surface area contributed by atoms with Crippen LogP contribution in [0, 0.1) is 11.3 Å². The van der Waals surface area contributed by atoms with Gasteiger partial charge in [0, 0.05) is 6.42 Å². The molecule has 0 aliphatic carbocycles. The summed E-state index contributed by atoms with van der Waals surface area (Å²) < 4.78 is 0. The second-order valence-corrected chi connectivity index (χ2v) is 9.52. The molecule has 0 radical (unpaired) electrons. The molecule has 0 atom stereocenters. The van der Waals surface area contributed by atoms with E-state index in [0.29, 0.717) is 6.42 Å². The zero-order chi connectivity index (χ0) is 9.45. The number of nitriles is 1. The summed E-state index contributed by atoms with van der Waals surface area (Å²) in [6.45, 7) is 4.35. The molecule has 0 spiro atoms. The molecule has 0 heterocycles. The smallest absolute Gasteiger partial charge is 0.157 e. The average molecular weight is 204 g/mol. The maximum absolute atomic E-state index is 8.48. The van der Waals surface area contributed by atoms with Gasteiger partial charge in [0.1, 0.15) is 0 Å². The molecular weight excluding hydrogens is 186 g/mol. The molecule has 0 N–H and O–H groups in total. The molecule has 0 rings (SSSR count). The van der Waals surface area contributed by atoms with Crippen LogP contribution in [0.25, 0.3) is 0 Å². The van der Waals surface area contributed by atoms with Gasteiger partial charge in [0.05, 0.1) is 6.07 Å². The Bertz CT molecular complexity index is 147. The summed E-state index contributed by atoms with van der Waals surface area (Å²) in [5.41, 5.74) is 0. The quantitative estimate of drug-likeness (QED) is 0.475. The first kappa shape index (κ1) is 12.0. The molecule has 1 nitrogen and oxygen atoms in total. The third-order valence-electron chi connectivity index (χ3n) is 2.08. The fraction of sp³-hybridized carbons (Fsp3) is 0.889. The highest BCUT2D eigenvalue weighted by Crippen LogP contribution is 2.29. The molecular formula is C9H18ClNSi. The minimum atomic E-state index is -1.52. The van der Waals surface area contributed by atoms with E-state index in [2.05, 4.69) is 19.9 Å². The molecule has 0 aliphatic rings. The van der Waals surface area contributed by atoms with E-state index in [-0.39, 0.29) is 0 Å². The first-order valence-electron chi connectivity index (χ1n) is 4.74. The van der Waals surface area contributed by atoms with Crippen LogP contribution in [-0.2, 0) is 0 Å². The van der Waals surface area contributed by atoms with Gasteiger partial charge in [-0.1, -0.05) is 26.7 Å². The van der Waals surface area contributed by atoms with Crippen molar-refractivity contribution in [3.63, 3.8) is 0 Å². The van der Waals surface area contributed by atoms with E-state index >= 15 is 0 Å². The van der Waals surface area contributed by atoms with Gasteiger partial charge < -0.3 is 0 Å². The van der Waals surface area contributed by atoms with E-state index in [1.165, 1.54) is 24.9 Å². The Balaban J connectivity index is 3.90. The van der Waals surface area contributed by atoms with Crippen LogP contribution < -0.4 is 0 Å². The lowest BCUT2D eigenvalue weighted by Crippen LogP contribution is -2.25. The minimum Gasteiger partial charge on any atom is -0.198 e. The second-order valence-electron chi connectivity index (χ2n) is 3.31. The summed E-state index contributed by atoms with van der Waals surface area (Å²) >= 11 is 6.51. The number of rotatable bonds is 6. The van der Waals surface area contributed by atoms with E-state index in [1.54, 1.807) is 0 Å². The van der Waals surface area contributed by atoms with Crippen molar-refractivity contribution in [3.05, 3.63) is 0 Å². The van der Waals surface area contributed by atoms with Gasteiger partial charge in [0.25, 0.3) is 0 Å². The molecule has 0 aromatic rings. The highest BCUT2D eigenvalue weighted by atomic mass is 35.6. The third kappa shape index (κ3) is 4.79. The molecule has 0 amide bonds. The van der Waals surface area contributed by atoms with Crippen LogP contribution in [0.2, 0.25) is 18.1 Å². The van der Waals surface area contributed by atoms with Crippen LogP contribution in [0.4, 0.5) is 0 Å². The number of hydrogen-bond donors (Lipinski definition) is 0. The van der Waals surface area contributed by atoms with Gasteiger partial charge in [0.15, 0.2) is 7.38 Å². The van der Waals surface area contributed by atoms with Gasteiger partial charge in [0.2, 0.25) is 0 Å². The van der Waals surface area contributed by atoms with Crippen molar-refractivity contribution in [2.24, 2.45) is 0 Å². The maximum Gasteiger partial charge on any atom is 0.157 e. The number of hydrogen-bond acceptors (Lipinski definition) is 1. The highest BCUT2D eigenvalue weighted by Gasteiger charge is 2.27. The van der Waals surface area contributed by atoms with Crippen molar-refractivity contribution in [3.8, 4) is 6.07 Å². The predicted molar refractivity (Wildman–Crippen MR) is 56.8 cm³/mol. The lowest BCUT2D eigenvalue weighted by atomic mass is 10.5. The van der Waals surface area contributed by atoms with Crippen molar-refractivity contribution >= 4 is 18.5 Å². The van der Waals surface area contributed by atoms with Gasteiger partial charge >= 0.3 is 0 Å². The SMILES string of the molecule is CCC[Si](Cl)(CCC)CCC#N. The molecule has 0 aliphatic heterocycles. The summed E-state index contributed by atoms with van der Waals surface area (Å²) in [5.74, 6) is 0. The normalized spacial score (nSPS) is 11.2. The molecule has 0 fully saturated rings. The third-order valence-corrected chi connectivity index (χ3v) is 7.72. The Labute approximate surface area is 81.4 Å². The Morgan fingerprint density at radius 3 is 2.00 bits per heavy atom. The average Bonchev–Trinajstić information content (AvgIpc) is 2.02. The molecule has 0 saturated carbocycles. The Morgan fingerprint density at radius 2 is 1.67 bits per heavy atom. The Kier molecular flexibility index (Phi) is 6.50. The molecule has 0 aromatic carbocycles. The fourth-order valence-corrected chi connectivity index (χ4v) is 6.07. The maximum atomic E-state index is 8.48. The lowest BCUT2D eigenvalue weighted by Gasteiger charge is -2.21. The van der Waals surface area contributed by atoms with Crippen molar-refractivity contribution in [2.45, 2.75) is 51.2 Å². The Morgan fingerprint density at radius 1 is 1.17 bits per heavy atom. The summed E-state index contributed by atoms with van der Waals surface area (Å²) in [5, 5.41) is 8.48. The van der Waals surface area contributed by atoms with Gasteiger partial charge in [-0.05, 0) is 18.1 Å². The Hall–Kier alpha value is -0.00312.